The van der Waals surface area contributed by atoms with Gasteiger partial charge in [-0.2, -0.15) is 17.5 Å². The second kappa shape index (κ2) is 8.24. The van der Waals surface area contributed by atoms with Gasteiger partial charge in [-0.25, -0.2) is 18.4 Å². The predicted octanol–water partition coefficient (Wildman–Crippen LogP) is 4.40. The van der Waals surface area contributed by atoms with Crippen LogP contribution < -0.4 is 5.32 Å². The van der Waals surface area contributed by atoms with Crippen molar-refractivity contribution in [2.45, 2.75) is 62.6 Å². The number of carbonyl (C=O) groups excluding carboxylic acids is 1. The summed E-state index contributed by atoms with van der Waals surface area (Å²) in [6, 6.07) is 3.75. The van der Waals surface area contributed by atoms with Crippen molar-refractivity contribution in [3.63, 3.8) is 0 Å². The highest BCUT2D eigenvalue weighted by Crippen LogP contribution is 2.60. The fraction of sp³-hybridized carbons (Fsp3) is 0.560. The monoisotopic (exact) mass is 520 g/mol. The molecule has 0 atom stereocenters. The molecule has 4 bridgehead atoms. The van der Waals surface area contributed by atoms with E-state index in [1.54, 1.807) is 0 Å². The van der Waals surface area contributed by atoms with Gasteiger partial charge in [-0.3, -0.25) is 4.79 Å². The highest BCUT2D eigenvalue weighted by molar-refractivity contribution is 7.89. The van der Waals surface area contributed by atoms with Crippen molar-refractivity contribution in [3.8, 4) is 0 Å². The Labute approximate surface area is 207 Å². The molecule has 1 aromatic heterocycles. The van der Waals surface area contributed by atoms with Crippen LogP contribution in [0.4, 0.5) is 19.0 Å². The number of benzene rings is 1. The SMILES string of the molecule is O=C(Nc1ncnc2c1CCN(S(=O)(=O)c1cccc(C(F)(F)F)c1)C2)C12CC3CC(CC(C3)C1)C2. The number of fused-ring (bicyclic) bond motifs is 1. The third-order valence-electron chi connectivity index (χ3n) is 8.52. The average Bonchev–Trinajstić information content (AvgIpc) is 2.82. The summed E-state index contributed by atoms with van der Waals surface area (Å²) < 4.78 is 66.8. The number of carbonyl (C=O) groups is 1. The van der Waals surface area contributed by atoms with E-state index in [1.807, 2.05) is 0 Å². The second-order valence-electron chi connectivity index (χ2n) is 10.9. The molecule has 1 N–H and O–H groups in total. The van der Waals surface area contributed by atoms with Gasteiger partial charge in [-0.05, 0) is 80.9 Å². The maximum Gasteiger partial charge on any atom is 0.416 e. The van der Waals surface area contributed by atoms with E-state index in [9.17, 15) is 26.4 Å². The number of rotatable bonds is 4. The fourth-order valence-electron chi connectivity index (χ4n) is 7.25. The lowest BCUT2D eigenvalue weighted by Gasteiger charge is -2.55. The van der Waals surface area contributed by atoms with Crippen molar-refractivity contribution in [1.82, 2.24) is 14.3 Å². The second-order valence-corrected chi connectivity index (χ2v) is 12.9. The van der Waals surface area contributed by atoms with Gasteiger partial charge in [0, 0.05) is 12.1 Å². The van der Waals surface area contributed by atoms with Crippen LogP contribution in [0.1, 0.15) is 55.3 Å². The number of sulfonamides is 1. The average molecular weight is 521 g/mol. The minimum absolute atomic E-state index is 0.00140. The van der Waals surface area contributed by atoms with Crippen molar-refractivity contribution in [1.29, 1.82) is 0 Å². The Morgan fingerprint density at radius 1 is 1.06 bits per heavy atom. The van der Waals surface area contributed by atoms with Gasteiger partial charge in [0.2, 0.25) is 15.9 Å². The number of amides is 1. The standard InChI is InChI=1S/C25H27F3N4O3S/c26-25(27,28)18-2-1-3-19(9-18)36(34,35)32-5-4-20-21(13-32)29-14-30-22(20)31-23(33)24-10-15-6-16(11-24)8-17(7-15)12-24/h1-3,9,14-17H,4-8,10-13H2,(H,29,30,31,33). The zero-order chi connectivity index (χ0) is 25.3. The lowest BCUT2D eigenvalue weighted by atomic mass is 9.49. The summed E-state index contributed by atoms with van der Waals surface area (Å²) in [5.41, 5.74) is -0.225. The van der Waals surface area contributed by atoms with Gasteiger partial charge in [0.15, 0.2) is 0 Å². The molecule has 1 amide bonds. The Hall–Kier alpha value is -2.53. The molecular formula is C25H27F3N4O3S. The van der Waals surface area contributed by atoms with Crippen molar-refractivity contribution >= 4 is 21.7 Å². The van der Waals surface area contributed by atoms with E-state index in [1.165, 1.54) is 25.6 Å². The van der Waals surface area contributed by atoms with Crippen LogP contribution in [0.15, 0.2) is 35.5 Å². The Morgan fingerprint density at radius 2 is 1.72 bits per heavy atom. The van der Waals surface area contributed by atoms with E-state index in [4.69, 9.17) is 0 Å². The molecule has 192 valence electrons. The maximum absolute atomic E-state index is 13.5. The number of hydrogen-bond acceptors (Lipinski definition) is 5. The zero-order valence-electron chi connectivity index (χ0n) is 19.6. The number of halogens is 3. The van der Waals surface area contributed by atoms with Crippen molar-refractivity contribution in [3.05, 3.63) is 47.4 Å². The summed E-state index contributed by atoms with van der Waals surface area (Å²) in [6.07, 6.45) is 3.35. The van der Waals surface area contributed by atoms with Gasteiger partial charge in [0.25, 0.3) is 0 Å². The Morgan fingerprint density at radius 3 is 2.36 bits per heavy atom. The third kappa shape index (κ3) is 4.00. The molecule has 4 saturated carbocycles. The molecule has 5 aliphatic rings. The smallest absolute Gasteiger partial charge is 0.310 e. The van der Waals surface area contributed by atoms with Crippen molar-refractivity contribution in [2.24, 2.45) is 23.2 Å². The minimum atomic E-state index is -4.64. The molecule has 0 unspecified atom stereocenters. The Balaban J connectivity index is 1.22. The molecule has 7 nitrogen and oxygen atoms in total. The molecule has 4 aliphatic carbocycles. The lowest BCUT2D eigenvalue weighted by molar-refractivity contribution is -0.140. The number of anilines is 1. The van der Waals surface area contributed by atoms with Crippen LogP contribution in [0.2, 0.25) is 0 Å². The first-order valence-corrected chi connectivity index (χ1v) is 13.8. The van der Waals surface area contributed by atoms with E-state index in [0.717, 1.165) is 41.8 Å². The van der Waals surface area contributed by atoms with E-state index in [0.29, 0.717) is 40.9 Å². The molecule has 4 fully saturated rings. The van der Waals surface area contributed by atoms with E-state index >= 15 is 0 Å². The summed E-state index contributed by atoms with van der Waals surface area (Å²) in [5.74, 6) is 2.28. The number of nitrogens with one attached hydrogen (secondary N) is 1. The lowest BCUT2D eigenvalue weighted by Crippen LogP contribution is -2.52. The van der Waals surface area contributed by atoms with E-state index in [-0.39, 0.29) is 30.8 Å². The van der Waals surface area contributed by atoms with E-state index in [2.05, 4.69) is 15.3 Å². The van der Waals surface area contributed by atoms with Crippen LogP contribution in [-0.2, 0) is 34.0 Å². The van der Waals surface area contributed by atoms with Crippen LogP contribution in [0.5, 0.6) is 0 Å². The van der Waals surface area contributed by atoms with Crippen LogP contribution in [-0.4, -0.2) is 35.1 Å². The van der Waals surface area contributed by atoms with Crippen molar-refractivity contribution in [2.75, 3.05) is 11.9 Å². The topological polar surface area (TPSA) is 92.3 Å². The highest BCUT2D eigenvalue weighted by atomic mass is 32.2. The third-order valence-corrected chi connectivity index (χ3v) is 10.4. The van der Waals surface area contributed by atoms with Crippen LogP contribution >= 0.6 is 0 Å². The molecule has 1 aliphatic heterocycles. The van der Waals surface area contributed by atoms with Crippen LogP contribution in [0.3, 0.4) is 0 Å². The summed E-state index contributed by atoms with van der Waals surface area (Å²) in [4.78, 5) is 21.6. The quantitative estimate of drug-likeness (QED) is 0.645. The molecule has 11 heteroatoms. The van der Waals surface area contributed by atoms with Gasteiger partial charge >= 0.3 is 6.18 Å². The van der Waals surface area contributed by atoms with Crippen LogP contribution in [0.25, 0.3) is 0 Å². The predicted molar refractivity (Wildman–Crippen MR) is 124 cm³/mol. The number of hydrogen-bond donors (Lipinski definition) is 1. The normalized spacial score (nSPS) is 29.7. The van der Waals surface area contributed by atoms with Gasteiger partial charge in [0.1, 0.15) is 12.1 Å². The Bertz CT molecular complexity index is 1290. The first kappa shape index (κ1) is 23.8. The summed E-state index contributed by atoms with van der Waals surface area (Å²) in [6.45, 7) is -0.0458. The first-order valence-electron chi connectivity index (χ1n) is 12.4. The molecule has 2 heterocycles. The molecule has 36 heavy (non-hydrogen) atoms. The highest BCUT2D eigenvalue weighted by Gasteiger charge is 2.54. The molecule has 0 spiro atoms. The summed E-state index contributed by atoms with van der Waals surface area (Å²) in [5, 5.41) is 3.05. The van der Waals surface area contributed by atoms with Gasteiger partial charge < -0.3 is 5.32 Å². The largest absolute Gasteiger partial charge is 0.416 e. The number of alkyl halides is 3. The maximum atomic E-state index is 13.5. The molecular weight excluding hydrogens is 493 g/mol. The molecule has 1 aromatic carbocycles. The molecule has 7 rings (SSSR count). The van der Waals surface area contributed by atoms with Gasteiger partial charge in [-0.1, -0.05) is 6.07 Å². The van der Waals surface area contributed by atoms with Gasteiger partial charge in [0.05, 0.1) is 28.1 Å². The zero-order valence-corrected chi connectivity index (χ0v) is 20.4. The molecule has 2 aromatic rings. The van der Waals surface area contributed by atoms with Crippen molar-refractivity contribution < 1.29 is 26.4 Å². The Kier molecular flexibility index (Phi) is 5.46. The van der Waals surface area contributed by atoms with E-state index < -0.39 is 26.7 Å². The summed E-state index contributed by atoms with van der Waals surface area (Å²) in [7, 11) is -4.17. The fourth-order valence-corrected chi connectivity index (χ4v) is 8.70. The number of aromatic nitrogens is 2. The number of nitrogens with zero attached hydrogens (tertiary/aromatic N) is 3. The molecule has 0 radical (unpaired) electrons. The molecule has 0 saturated heterocycles. The minimum Gasteiger partial charge on any atom is -0.310 e. The van der Waals surface area contributed by atoms with Crippen LogP contribution in [0, 0.1) is 23.2 Å². The summed E-state index contributed by atoms with van der Waals surface area (Å²) >= 11 is 0. The van der Waals surface area contributed by atoms with Gasteiger partial charge in [-0.15, -0.1) is 0 Å². The first-order chi connectivity index (χ1) is 17.0.